The molecule has 1 amide bonds. The zero-order valence-electron chi connectivity index (χ0n) is 12.4. The minimum absolute atomic E-state index is 0.130. The van der Waals surface area contributed by atoms with E-state index in [0.717, 1.165) is 31.2 Å². The first-order chi connectivity index (χ1) is 10.7. The Bertz CT molecular complexity index is 599. The van der Waals surface area contributed by atoms with E-state index in [0.29, 0.717) is 5.56 Å². The van der Waals surface area contributed by atoms with E-state index in [1.807, 2.05) is 17.4 Å². The van der Waals surface area contributed by atoms with E-state index in [2.05, 4.69) is 0 Å². The van der Waals surface area contributed by atoms with Crippen LogP contribution in [0.4, 0.5) is 13.2 Å². The Morgan fingerprint density at radius 1 is 1.17 bits per heavy atom. The molecule has 2 rings (SSSR count). The molecule has 4 nitrogen and oxygen atoms in total. The fourth-order valence-electron chi connectivity index (χ4n) is 2.76. The first-order valence-corrected chi connectivity index (χ1v) is 7.44. The Balaban J connectivity index is 1.99. The van der Waals surface area contributed by atoms with Crippen LogP contribution >= 0.6 is 0 Å². The molecule has 1 aliphatic carbocycles. The number of aliphatic carboxylic acids is 1. The third-order valence-electron chi connectivity index (χ3n) is 3.85. The molecule has 23 heavy (non-hydrogen) atoms. The smallest absolute Gasteiger partial charge is 0.391 e. The van der Waals surface area contributed by atoms with Gasteiger partial charge < -0.3 is 10.4 Å². The van der Waals surface area contributed by atoms with Gasteiger partial charge in [-0.1, -0.05) is 18.2 Å². The molecule has 0 fully saturated rings. The van der Waals surface area contributed by atoms with Crippen molar-refractivity contribution in [3.63, 3.8) is 0 Å². The largest absolute Gasteiger partial charge is 0.480 e. The lowest BCUT2D eigenvalue weighted by molar-refractivity contribution is -0.159. The van der Waals surface area contributed by atoms with E-state index in [9.17, 15) is 22.8 Å². The van der Waals surface area contributed by atoms with Crippen molar-refractivity contribution in [2.24, 2.45) is 0 Å². The van der Waals surface area contributed by atoms with Gasteiger partial charge in [0, 0.05) is 0 Å². The van der Waals surface area contributed by atoms with Crippen molar-refractivity contribution in [2.75, 3.05) is 0 Å². The quantitative estimate of drug-likeness (QED) is 0.873. The van der Waals surface area contributed by atoms with Gasteiger partial charge in [0.1, 0.15) is 6.04 Å². The summed E-state index contributed by atoms with van der Waals surface area (Å²) in [6, 6.07) is 3.62. The average Bonchev–Trinajstić information content (AvgIpc) is 2.45. The van der Waals surface area contributed by atoms with Gasteiger partial charge in [0.25, 0.3) is 0 Å². The lowest BCUT2D eigenvalue weighted by Crippen LogP contribution is -2.44. The van der Waals surface area contributed by atoms with Gasteiger partial charge >= 0.3 is 12.1 Å². The maximum absolute atomic E-state index is 12.3. The van der Waals surface area contributed by atoms with Crippen LogP contribution in [0.5, 0.6) is 0 Å². The van der Waals surface area contributed by atoms with Gasteiger partial charge in [0.2, 0.25) is 5.91 Å². The fourth-order valence-corrected chi connectivity index (χ4v) is 2.76. The molecule has 0 heterocycles. The van der Waals surface area contributed by atoms with E-state index < -0.39 is 30.5 Å². The van der Waals surface area contributed by atoms with Crippen molar-refractivity contribution in [2.45, 2.75) is 50.7 Å². The van der Waals surface area contributed by atoms with Crippen molar-refractivity contribution in [3.8, 4) is 0 Å². The number of halogens is 3. The lowest BCUT2D eigenvalue weighted by Gasteiger charge is -2.18. The van der Waals surface area contributed by atoms with Crippen molar-refractivity contribution >= 4 is 11.9 Å². The number of rotatable bonds is 5. The molecule has 0 spiro atoms. The summed E-state index contributed by atoms with van der Waals surface area (Å²) in [5.74, 6) is -2.42. The Labute approximate surface area is 131 Å². The Morgan fingerprint density at radius 3 is 2.43 bits per heavy atom. The normalized spacial score (nSPS) is 15.6. The molecule has 126 valence electrons. The zero-order chi connectivity index (χ0) is 17.0. The predicted octanol–water partition coefficient (Wildman–Crippen LogP) is 2.63. The number of hydrogen-bond acceptors (Lipinski definition) is 2. The topological polar surface area (TPSA) is 66.4 Å². The van der Waals surface area contributed by atoms with Crippen molar-refractivity contribution in [3.05, 3.63) is 34.9 Å². The number of amides is 1. The molecule has 0 saturated carbocycles. The molecule has 1 unspecified atom stereocenters. The molecule has 0 aliphatic heterocycles. The fraction of sp³-hybridized carbons (Fsp3) is 0.500. The number of aryl methyl sites for hydroxylation is 2. The highest BCUT2D eigenvalue weighted by molar-refractivity contribution is 5.84. The number of fused-ring (bicyclic) bond motifs is 1. The van der Waals surface area contributed by atoms with Crippen LogP contribution in [0.25, 0.3) is 0 Å². The Kier molecular flexibility index (Phi) is 5.28. The maximum atomic E-state index is 12.3. The second-order valence-electron chi connectivity index (χ2n) is 5.76. The third kappa shape index (κ3) is 5.26. The molecule has 1 aromatic carbocycles. The summed E-state index contributed by atoms with van der Waals surface area (Å²) in [5, 5.41) is 10.7. The number of carbonyl (C=O) groups excluding carboxylic acids is 1. The van der Waals surface area contributed by atoms with Crippen molar-refractivity contribution < 1.29 is 27.9 Å². The van der Waals surface area contributed by atoms with Crippen LogP contribution in [-0.2, 0) is 28.9 Å². The van der Waals surface area contributed by atoms with Crippen molar-refractivity contribution in [1.29, 1.82) is 0 Å². The molecule has 2 N–H and O–H groups in total. The average molecular weight is 329 g/mol. The summed E-state index contributed by atoms with van der Waals surface area (Å²) in [6.45, 7) is 0. The summed E-state index contributed by atoms with van der Waals surface area (Å²) < 4.78 is 37.0. The molecule has 0 aromatic heterocycles. The molecule has 1 atom stereocenters. The summed E-state index contributed by atoms with van der Waals surface area (Å²) in [7, 11) is 0. The van der Waals surface area contributed by atoms with Crippen LogP contribution in [0, 0.1) is 0 Å². The molecular weight excluding hydrogens is 311 g/mol. The zero-order valence-corrected chi connectivity index (χ0v) is 12.4. The van der Waals surface area contributed by atoms with Crippen molar-refractivity contribution in [1.82, 2.24) is 5.32 Å². The monoisotopic (exact) mass is 329 g/mol. The van der Waals surface area contributed by atoms with Crippen LogP contribution in [0.2, 0.25) is 0 Å². The number of alkyl halides is 3. The van der Waals surface area contributed by atoms with E-state index in [-0.39, 0.29) is 6.42 Å². The summed E-state index contributed by atoms with van der Waals surface area (Å²) in [5.41, 5.74) is 3.08. The van der Waals surface area contributed by atoms with E-state index in [4.69, 9.17) is 5.11 Å². The third-order valence-corrected chi connectivity index (χ3v) is 3.85. The number of benzene rings is 1. The van der Waals surface area contributed by atoms with Crippen LogP contribution in [0.1, 0.15) is 36.0 Å². The first-order valence-electron chi connectivity index (χ1n) is 7.44. The molecule has 0 saturated heterocycles. The number of carboxylic acid groups (broad SMARTS) is 1. The predicted molar refractivity (Wildman–Crippen MR) is 77.0 cm³/mol. The second-order valence-corrected chi connectivity index (χ2v) is 5.76. The minimum atomic E-state index is -4.65. The number of carbonyl (C=O) groups is 2. The first kappa shape index (κ1) is 17.3. The molecule has 1 aliphatic rings. The maximum Gasteiger partial charge on any atom is 0.391 e. The van der Waals surface area contributed by atoms with E-state index in [1.54, 1.807) is 6.07 Å². The lowest BCUT2D eigenvalue weighted by atomic mass is 9.90. The Morgan fingerprint density at radius 2 is 1.83 bits per heavy atom. The highest BCUT2D eigenvalue weighted by Crippen LogP contribution is 2.23. The van der Waals surface area contributed by atoms with E-state index in [1.165, 1.54) is 5.56 Å². The van der Waals surface area contributed by atoms with Gasteiger partial charge in [-0.3, -0.25) is 4.79 Å². The molecule has 1 aromatic rings. The highest BCUT2D eigenvalue weighted by atomic mass is 19.4. The second kappa shape index (κ2) is 7.02. The highest BCUT2D eigenvalue weighted by Gasteiger charge is 2.36. The number of hydrogen-bond donors (Lipinski definition) is 2. The number of nitrogens with one attached hydrogen (secondary N) is 1. The van der Waals surface area contributed by atoms with Crippen LogP contribution < -0.4 is 5.32 Å². The molecular formula is C16H18F3NO3. The van der Waals surface area contributed by atoms with Crippen LogP contribution in [-0.4, -0.2) is 29.2 Å². The molecule has 0 radical (unpaired) electrons. The van der Waals surface area contributed by atoms with Gasteiger partial charge in [0.15, 0.2) is 0 Å². The SMILES string of the molecule is O=C(Cc1ccc2c(c1)CCCC2)NC(CC(F)(F)F)C(=O)O. The van der Waals surface area contributed by atoms with Gasteiger partial charge in [-0.2, -0.15) is 13.2 Å². The Hall–Kier alpha value is -2.05. The van der Waals surface area contributed by atoms with Gasteiger partial charge in [-0.15, -0.1) is 0 Å². The van der Waals surface area contributed by atoms with Gasteiger partial charge in [-0.25, -0.2) is 4.79 Å². The van der Waals surface area contributed by atoms with E-state index >= 15 is 0 Å². The van der Waals surface area contributed by atoms with Gasteiger partial charge in [0.05, 0.1) is 12.8 Å². The summed E-state index contributed by atoms with van der Waals surface area (Å²) >= 11 is 0. The summed E-state index contributed by atoms with van der Waals surface area (Å²) in [4.78, 5) is 22.7. The van der Waals surface area contributed by atoms with Crippen LogP contribution in [0.15, 0.2) is 18.2 Å². The minimum Gasteiger partial charge on any atom is -0.480 e. The standard InChI is InChI=1S/C16H18F3NO3/c17-16(18,19)9-13(15(22)23)20-14(21)8-10-5-6-11-3-1-2-4-12(11)7-10/h5-7,13H,1-4,8-9H2,(H,20,21)(H,22,23). The molecule has 0 bridgehead atoms. The molecule has 7 heteroatoms. The number of carboxylic acids is 1. The van der Waals surface area contributed by atoms with Crippen LogP contribution in [0.3, 0.4) is 0 Å². The summed E-state index contributed by atoms with van der Waals surface area (Å²) in [6.07, 6.45) is -2.24. The van der Waals surface area contributed by atoms with Gasteiger partial charge in [-0.05, 0) is 42.4 Å².